The van der Waals surface area contributed by atoms with Crippen LogP contribution in [-0.2, 0) is 0 Å². The molecule has 1 aliphatic heterocycles. The molecule has 1 aliphatic carbocycles. The van der Waals surface area contributed by atoms with E-state index >= 15 is 0 Å². The third-order valence-corrected chi connectivity index (χ3v) is 4.95. The van der Waals surface area contributed by atoms with Gasteiger partial charge in [0.05, 0.1) is 0 Å². The Morgan fingerprint density at radius 3 is 2.65 bits per heavy atom. The van der Waals surface area contributed by atoms with E-state index in [1.807, 2.05) is 0 Å². The van der Waals surface area contributed by atoms with Gasteiger partial charge in [-0.1, -0.05) is 32.6 Å². The maximum atomic E-state index is 3.58. The van der Waals surface area contributed by atoms with Crippen LogP contribution >= 0.6 is 0 Å². The molecule has 1 saturated carbocycles. The zero-order chi connectivity index (χ0) is 12.1. The molecule has 1 saturated heterocycles. The number of likely N-dealkylation sites (N-methyl/N-ethyl adjacent to an activating group) is 1. The molecule has 0 aromatic carbocycles. The van der Waals surface area contributed by atoms with Crippen molar-refractivity contribution < 1.29 is 0 Å². The van der Waals surface area contributed by atoms with Crippen molar-refractivity contribution in [3.63, 3.8) is 0 Å². The highest BCUT2D eigenvalue weighted by Crippen LogP contribution is 2.27. The van der Waals surface area contributed by atoms with E-state index in [0.717, 1.165) is 18.0 Å². The first kappa shape index (κ1) is 13.4. The summed E-state index contributed by atoms with van der Waals surface area (Å²) in [5, 5.41) is 3.58. The molecule has 1 heterocycles. The van der Waals surface area contributed by atoms with Crippen LogP contribution in [-0.4, -0.2) is 37.1 Å². The Hall–Kier alpha value is -0.0800. The highest BCUT2D eigenvalue weighted by molar-refractivity contribution is 4.88. The van der Waals surface area contributed by atoms with Gasteiger partial charge in [0.1, 0.15) is 0 Å². The molecule has 2 fully saturated rings. The number of hydrogen-bond donors (Lipinski definition) is 1. The van der Waals surface area contributed by atoms with Crippen molar-refractivity contribution in [1.82, 2.24) is 10.2 Å². The Kier molecular flexibility index (Phi) is 5.30. The first-order valence-electron chi connectivity index (χ1n) is 7.76. The molecule has 0 amide bonds. The molecule has 2 rings (SSSR count). The maximum Gasteiger partial charge on any atom is 0.0249 e. The van der Waals surface area contributed by atoms with E-state index in [4.69, 9.17) is 0 Å². The van der Waals surface area contributed by atoms with Crippen molar-refractivity contribution >= 4 is 0 Å². The lowest BCUT2D eigenvalue weighted by Gasteiger charge is -2.41. The minimum Gasteiger partial charge on any atom is -0.315 e. The normalized spacial score (nSPS) is 36.7. The fraction of sp³-hybridized carbons (Fsp3) is 1.00. The molecule has 0 radical (unpaired) electrons. The molecule has 0 aromatic heterocycles. The summed E-state index contributed by atoms with van der Waals surface area (Å²) in [6.45, 7) is 5.06. The highest BCUT2D eigenvalue weighted by atomic mass is 15.2. The van der Waals surface area contributed by atoms with Gasteiger partial charge in [-0.2, -0.15) is 0 Å². The van der Waals surface area contributed by atoms with Gasteiger partial charge in [-0.15, -0.1) is 0 Å². The summed E-state index contributed by atoms with van der Waals surface area (Å²) < 4.78 is 0. The molecule has 2 aliphatic rings. The first-order valence-corrected chi connectivity index (χ1v) is 7.76. The minimum absolute atomic E-state index is 0.744. The summed E-state index contributed by atoms with van der Waals surface area (Å²) in [6.07, 6.45) is 11.4. The lowest BCUT2D eigenvalue weighted by molar-refractivity contribution is 0.0935. The molecule has 3 atom stereocenters. The summed E-state index contributed by atoms with van der Waals surface area (Å²) in [7, 11) is 2.16. The highest BCUT2D eigenvalue weighted by Gasteiger charge is 2.30. The van der Waals surface area contributed by atoms with Crippen LogP contribution in [0.3, 0.4) is 0 Å². The quantitative estimate of drug-likeness (QED) is 0.760. The SMILES string of the molecule is CCC1CCCN(C2CCCCCC2NC)C1. The van der Waals surface area contributed by atoms with E-state index in [2.05, 4.69) is 24.2 Å². The van der Waals surface area contributed by atoms with Crippen LogP contribution in [0.4, 0.5) is 0 Å². The zero-order valence-corrected chi connectivity index (χ0v) is 11.8. The molecule has 0 bridgehead atoms. The third-order valence-electron chi connectivity index (χ3n) is 4.95. The fourth-order valence-corrected chi connectivity index (χ4v) is 3.79. The smallest absolute Gasteiger partial charge is 0.0249 e. The average Bonchev–Trinajstić information content (AvgIpc) is 2.63. The number of nitrogens with zero attached hydrogens (tertiary/aromatic N) is 1. The summed E-state index contributed by atoms with van der Waals surface area (Å²) in [6, 6.07) is 1.56. The monoisotopic (exact) mass is 238 g/mol. The zero-order valence-electron chi connectivity index (χ0n) is 11.8. The van der Waals surface area contributed by atoms with Gasteiger partial charge in [0.25, 0.3) is 0 Å². The predicted molar refractivity (Wildman–Crippen MR) is 74.3 cm³/mol. The predicted octanol–water partition coefficient (Wildman–Crippen LogP) is 3.03. The lowest BCUT2D eigenvalue weighted by atomic mass is 9.92. The molecule has 0 aromatic rings. The number of likely N-dealkylation sites (tertiary alicyclic amines) is 1. The molecular weight excluding hydrogens is 208 g/mol. The number of hydrogen-bond acceptors (Lipinski definition) is 2. The van der Waals surface area contributed by atoms with Crippen LogP contribution in [0.2, 0.25) is 0 Å². The van der Waals surface area contributed by atoms with Crippen LogP contribution in [0.1, 0.15) is 58.3 Å². The first-order chi connectivity index (χ1) is 8.35. The van der Waals surface area contributed by atoms with E-state index in [0.29, 0.717) is 0 Å². The van der Waals surface area contributed by atoms with Gasteiger partial charge < -0.3 is 5.32 Å². The largest absolute Gasteiger partial charge is 0.315 e. The summed E-state index contributed by atoms with van der Waals surface area (Å²) in [5.74, 6) is 0.963. The van der Waals surface area contributed by atoms with Crippen molar-refractivity contribution in [2.24, 2.45) is 5.92 Å². The summed E-state index contributed by atoms with van der Waals surface area (Å²) in [4.78, 5) is 2.81. The van der Waals surface area contributed by atoms with Crippen molar-refractivity contribution in [2.45, 2.75) is 70.4 Å². The van der Waals surface area contributed by atoms with E-state index in [1.165, 1.54) is 64.5 Å². The Labute approximate surface area is 107 Å². The van der Waals surface area contributed by atoms with Crippen LogP contribution in [0, 0.1) is 5.92 Å². The maximum absolute atomic E-state index is 3.58. The van der Waals surface area contributed by atoms with E-state index < -0.39 is 0 Å². The molecule has 1 N–H and O–H groups in total. The molecule has 2 nitrogen and oxygen atoms in total. The van der Waals surface area contributed by atoms with Gasteiger partial charge in [0.15, 0.2) is 0 Å². The van der Waals surface area contributed by atoms with Crippen molar-refractivity contribution in [2.75, 3.05) is 20.1 Å². The molecule has 0 spiro atoms. The van der Waals surface area contributed by atoms with Gasteiger partial charge in [-0.05, 0) is 45.2 Å². The summed E-state index contributed by atoms with van der Waals surface area (Å²) >= 11 is 0. The molecule has 100 valence electrons. The lowest BCUT2D eigenvalue weighted by Crippen LogP contribution is -2.51. The Morgan fingerprint density at radius 1 is 1.06 bits per heavy atom. The topological polar surface area (TPSA) is 15.3 Å². The van der Waals surface area contributed by atoms with Gasteiger partial charge in [0.2, 0.25) is 0 Å². The Bertz CT molecular complexity index is 217. The second kappa shape index (κ2) is 6.75. The Morgan fingerprint density at radius 2 is 1.88 bits per heavy atom. The third kappa shape index (κ3) is 3.45. The van der Waals surface area contributed by atoms with E-state index in [1.54, 1.807) is 0 Å². The molecule has 17 heavy (non-hydrogen) atoms. The number of piperidine rings is 1. The van der Waals surface area contributed by atoms with Gasteiger partial charge >= 0.3 is 0 Å². The van der Waals surface area contributed by atoms with E-state index in [-0.39, 0.29) is 0 Å². The van der Waals surface area contributed by atoms with E-state index in [9.17, 15) is 0 Å². The number of nitrogens with one attached hydrogen (secondary N) is 1. The van der Waals surface area contributed by atoms with Crippen LogP contribution in [0.5, 0.6) is 0 Å². The van der Waals surface area contributed by atoms with Gasteiger partial charge in [-0.25, -0.2) is 0 Å². The van der Waals surface area contributed by atoms with Gasteiger partial charge in [0, 0.05) is 18.6 Å². The Balaban J connectivity index is 1.96. The van der Waals surface area contributed by atoms with Crippen molar-refractivity contribution in [3.05, 3.63) is 0 Å². The standard InChI is InChI=1S/C15H30N2/c1-3-13-8-7-11-17(12-13)15-10-6-4-5-9-14(15)16-2/h13-16H,3-12H2,1-2H3. The van der Waals surface area contributed by atoms with Crippen LogP contribution in [0.15, 0.2) is 0 Å². The summed E-state index contributed by atoms with van der Waals surface area (Å²) in [5.41, 5.74) is 0. The molecule has 3 unspecified atom stereocenters. The van der Waals surface area contributed by atoms with Crippen molar-refractivity contribution in [3.8, 4) is 0 Å². The van der Waals surface area contributed by atoms with Gasteiger partial charge in [-0.3, -0.25) is 4.90 Å². The minimum atomic E-state index is 0.744. The second-order valence-corrected chi connectivity index (χ2v) is 6.01. The second-order valence-electron chi connectivity index (χ2n) is 6.01. The van der Waals surface area contributed by atoms with Crippen LogP contribution in [0.25, 0.3) is 0 Å². The van der Waals surface area contributed by atoms with Crippen LogP contribution < -0.4 is 5.32 Å². The van der Waals surface area contributed by atoms with Crippen molar-refractivity contribution in [1.29, 1.82) is 0 Å². The molecular formula is C15H30N2. The average molecular weight is 238 g/mol. The molecule has 2 heteroatoms. The fourth-order valence-electron chi connectivity index (χ4n) is 3.79. The number of rotatable bonds is 3.